The molecule has 0 fully saturated rings. The summed E-state index contributed by atoms with van der Waals surface area (Å²) in [7, 11) is 0. The first kappa shape index (κ1) is 12.5. The van der Waals surface area contributed by atoms with Crippen LogP contribution in [0.15, 0.2) is 22.7 Å². The van der Waals surface area contributed by atoms with E-state index in [1.54, 1.807) is 0 Å². The summed E-state index contributed by atoms with van der Waals surface area (Å²) >= 11 is 0. The molecule has 2 rings (SSSR count). The highest BCUT2D eigenvalue weighted by Crippen LogP contribution is 2.31. The number of benzene rings is 1. The predicted molar refractivity (Wildman–Crippen MR) is 64.8 cm³/mol. The van der Waals surface area contributed by atoms with Crippen LogP contribution in [0.3, 0.4) is 0 Å². The minimum atomic E-state index is -0.558. The smallest absolute Gasteiger partial charge is 0.175 e. The molecule has 0 bridgehead atoms. The van der Waals surface area contributed by atoms with Crippen LogP contribution in [0, 0.1) is 17.6 Å². The fourth-order valence-electron chi connectivity index (χ4n) is 1.81. The zero-order chi connectivity index (χ0) is 13.3. The van der Waals surface area contributed by atoms with Gasteiger partial charge >= 0.3 is 0 Å². The van der Waals surface area contributed by atoms with Crippen molar-refractivity contribution < 1.29 is 13.3 Å². The van der Waals surface area contributed by atoms with Crippen molar-refractivity contribution in [2.75, 3.05) is 5.73 Å². The molecule has 5 heteroatoms. The molecule has 2 aromatic rings. The van der Waals surface area contributed by atoms with Crippen molar-refractivity contribution in [3.05, 3.63) is 35.4 Å². The van der Waals surface area contributed by atoms with Crippen LogP contribution in [0.2, 0.25) is 0 Å². The Balaban J connectivity index is 2.53. The zero-order valence-corrected chi connectivity index (χ0v) is 10.2. The van der Waals surface area contributed by atoms with Gasteiger partial charge < -0.3 is 10.3 Å². The number of aromatic nitrogens is 1. The van der Waals surface area contributed by atoms with E-state index >= 15 is 0 Å². The number of rotatable bonds is 3. The Kier molecular flexibility index (Phi) is 3.32. The van der Waals surface area contributed by atoms with E-state index in [9.17, 15) is 8.78 Å². The molecular formula is C13H14F2N2O. The van der Waals surface area contributed by atoms with Crippen molar-refractivity contribution in [2.24, 2.45) is 5.92 Å². The lowest BCUT2D eigenvalue weighted by atomic mass is 9.99. The molecule has 0 radical (unpaired) electrons. The lowest BCUT2D eigenvalue weighted by molar-refractivity contribution is 0.431. The van der Waals surface area contributed by atoms with Gasteiger partial charge in [0.15, 0.2) is 11.6 Å². The standard InChI is InChI=1S/C13H14F2N2O/c1-7(2)5-10-12(18-17-13(10)16)9-6-8(14)3-4-11(9)15/h3-4,6-7H,5H2,1-2H3,(H2,16,17). The quantitative estimate of drug-likeness (QED) is 0.910. The number of hydrogen-bond donors (Lipinski definition) is 1. The van der Waals surface area contributed by atoms with Gasteiger partial charge in [0.25, 0.3) is 0 Å². The van der Waals surface area contributed by atoms with E-state index in [-0.39, 0.29) is 17.1 Å². The highest BCUT2D eigenvalue weighted by molar-refractivity contribution is 5.66. The summed E-state index contributed by atoms with van der Waals surface area (Å²) in [6.45, 7) is 4.00. The van der Waals surface area contributed by atoms with Crippen molar-refractivity contribution in [2.45, 2.75) is 20.3 Å². The van der Waals surface area contributed by atoms with Crippen molar-refractivity contribution in [3.63, 3.8) is 0 Å². The molecular weight excluding hydrogens is 238 g/mol. The number of halogens is 2. The van der Waals surface area contributed by atoms with E-state index in [0.29, 0.717) is 17.9 Å². The lowest BCUT2D eigenvalue weighted by Gasteiger charge is -2.06. The topological polar surface area (TPSA) is 52.0 Å². The molecule has 0 aliphatic rings. The van der Waals surface area contributed by atoms with Crippen LogP contribution < -0.4 is 5.73 Å². The minimum Gasteiger partial charge on any atom is -0.381 e. The summed E-state index contributed by atoms with van der Waals surface area (Å²) in [6, 6.07) is 3.20. The average Bonchev–Trinajstić information content (AvgIpc) is 2.64. The molecule has 0 aliphatic heterocycles. The summed E-state index contributed by atoms with van der Waals surface area (Å²) in [5.41, 5.74) is 6.36. The van der Waals surface area contributed by atoms with Crippen LogP contribution in [-0.4, -0.2) is 5.16 Å². The molecule has 0 unspecified atom stereocenters. The van der Waals surface area contributed by atoms with E-state index in [4.69, 9.17) is 10.3 Å². The van der Waals surface area contributed by atoms with Gasteiger partial charge in [0.1, 0.15) is 11.6 Å². The second-order valence-electron chi connectivity index (χ2n) is 4.60. The van der Waals surface area contributed by atoms with E-state index < -0.39 is 11.6 Å². The third kappa shape index (κ3) is 2.34. The van der Waals surface area contributed by atoms with Crippen molar-refractivity contribution in [1.82, 2.24) is 5.16 Å². The van der Waals surface area contributed by atoms with Gasteiger partial charge in [0, 0.05) is 5.56 Å². The van der Waals surface area contributed by atoms with Crippen LogP contribution in [0.5, 0.6) is 0 Å². The summed E-state index contributed by atoms with van der Waals surface area (Å²) in [4.78, 5) is 0. The number of anilines is 1. The highest BCUT2D eigenvalue weighted by atomic mass is 19.1. The maximum absolute atomic E-state index is 13.7. The van der Waals surface area contributed by atoms with Crippen LogP contribution in [-0.2, 0) is 6.42 Å². The summed E-state index contributed by atoms with van der Waals surface area (Å²) in [6.07, 6.45) is 0.598. The highest BCUT2D eigenvalue weighted by Gasteiger charge is 2.20. The third-order valence-corrected chi connectivity index (χ3v) is 2.60. The molecule has 0 spiro atoms. The summed E-state index contributed by atoms with van der Waals surface area (Å²) < 4.78 is 31.9. The van der Waals surface area contributed by atoms with Crippen LogP contribution in [0.25, 0.3) is 11.3 Å². The molecule has 0 saturated carbocycles. The second-order valence-corrected chi connectivity index (χ2v) is 4.60. The molecule has 0 aliphatic carbocycles. The lowest BCUT2D eigenvalue weighted by Crippen LogP contribution is -1.99. The fourth-order valence-corrected chi connectivity index (χ4v) is 1.81. The first-order valence-corrected chi connectivity index (χ1v) is 5.68. The van der Waals surface area contributed by atoms with Crippen LogP contribution in [0.1, 0.15) is 19.4 Å². The third-order valence-electron chi connectivity index (χ3n) is 2.60. The largest absolute Gasteiger partial charge is 0.381 e. The molecule has 2 N–H and O–H groups in total. The van der Waals surface area contributed by atoms with Crippen molar-refractivity contribution in [3.8, 4) is 11.3 Å². The van der Waals surface area contributed by atoms with Gasteiger partial charge in [-0.3, -0.25) is 0 Å². The summed E-state index contributed by atoms with van der Waals surface area (Å²) in [5.74, 6) is -0.350. The monoisotopic (exact) mass is 252 g/mol. The average molecular weight is 252 g/mol. The predicted octanol–water partition coefficient (Wildman–Crippen LogP) is 3.40. The number of nitrogens with zero attached hydrogens (tertiary/aromatic N) is 1. The van der Waals surface area contributed by atoms with Gasteiger partial charge in [-0.2, -0.15) is 0 Å². The van der Waals surface area contributed by atoms with Gasteiger partial charge in [-0.25, -0.2) is 8.78 Å². The van der Waals surface area contributed by atoms with E-state index in [1.165, 1.54) is 0 Å². The molecule has 96 valence electrons. The van der Waals surface area contributed by atoms with E-state index in [1.807, 2.05) is 13.8 Å². The Bertz CT molecular complexity index is 564. The second kappa shape index (κ2) is 4.76. The Morgan fingerprint density at radius 3 is 2.72 bits per heavy atom. The molecule has 1 heterocycles. The maximum Gasteiger partial charge on any atom is 0.175 e. The maximum atomic E-state index is 13.7. The molecule has 0 atom stereocenters. The molecule has 0 saturated heterocycles. The number of nitrogens with two attached hydrogens (primary N) is 1. The first-order valence-electron chi connectivity index (χ1n) is 5.68. The van der Waals surface area contributed by atoms with Crippen molar-refractivity contribution in [1.29, 1.82) is 0 Å². The Morgan fingerprint density at radius 2 is 2.06 bits per heavy atom. The van der Waals surface area contributed by atoms with Crippen LogP contribution in [0.4, 0.5) is 14.6 Å². The van der Waals surface area contributed by atoms with Gasteiger partial charge in [-0.1, -0.05) is 19.0 Å². The molecule has 18 heavy (non-hydrogen) atoms. The number of hydrogen-bond acceptors (Lipinski definition) is 3. The Labute approximate surface area is 104 Å². The normalized spacial score (nSPS) is 11.2. The molecule has 1 aromatic carbocycles. The van der Waals surface area contributed by atoms with Gasteiger partial charge in [0.2, 0.25) is 0 Å². The van der Waals surface area contributed by atoms with Gasteiger partial charge in [-0.05, 0) is 30.5 Å². The molecule has 1 aromatic heterocycles. The Morgan fingerprint density at radius 1 is 1.33 bits per heavy atom. The van der Waals surface area contributed by atoms with E-state index in [0.717, 1.165) is 18.2 Å². The summed E-state index contributed by atoms with van der Waals surface area (Å²) in [5, 5.41) is 3.63. The Hall–Kier alpha value is -1.91. The van der Waals surface area contributed by atoms with Crippen molar-refractivity contribution >= 4 is 5.82 Å². The minimum absolute atomic E-state index is 0.0508. The zero-order valence-electron chi connectivity index (χ0n) is 10.2. The van der Waals surface area contributed by atoms with Crippen LogP contribution >= 0.6 is 0 Å². The molecule has 3 nitrogen and oxygen atoms in total. The van der Waals surface area contributed by atoms with E-state index in [2.05, 4.69) is 5.16 Å². The first-order chi connectivity index (χ1) is 8.49. The van der Waals surface area contributed by atoms with Gasteiger partial charge in [0.05, 0.1) is 5.56 Å². The molecule has 0 amide bonds. The number of nitrogen functional groups attached to an aromatic ring is 1. The fraction of sp³-hybridized carbons (Fsp3) is 0.308. The van der Waals surface area contributed by atoms with Gasteiger partial charge in [-0.15, -0.1) is 0 Å². The SMILES string of the molecule is CC(C)Cc1c(N)noc1-c1cc(F)ccc1F.